The van der Waals surface area contributed by atoms with E-state index in [0.717, 1.165) is 35.2 Å². The first-order valence-corrected chi connectivity index (χ1v) is 7.12. The van der Waals surface area contributed by atoms with Gasteiger partial charge in [-0.25, -0.2) is 0 Å². The zero-order valence-corrected chi connectivity index (χ0v) is 12.5. The first-order chi connectivity index (χ1) is 9.99. The summed E-state index contributed by atoms with van der Waals surface area (Å²) in [7, 11) is 0. The van der Waals surface area contributed by atoms with Crippen LogP contribution in [0.3, 0.4) is 0 Å². The second kappa shape index (κ2) is 6.70. The van der Waals surface area contributed by atoms with Gasteiger partial charge in [0.05, 0.1) is 5.52 Å². The highest BCUT2D eigenvalue weighted by Crippen LogP contribution is 2.28. The van der Waals surface area contributed by atoms with Crippen LogP contribution < -0.4 is 10.1 Å². The highest BCUT2D eigenvalue weighted by molar-refractivity contribution is 5.92. The van der Waals surface area contributed by atoms with Crippen LogP contribution >= 0.6 is 0 Å². The molecule has 0 saturated heterocycles. The molecule has 0 aliphatic rings. The number of halogens is 2. The molecule has 0 unspecified atom stereocenters. The fourth-order valence-corrected chi connectivity index (χ4v) is 2.30. The fraction of sp³-hybridized carbons (Fsp3) is 0.438. The minimum Gasteiger partial charge on any atom is -0.435 e. The molecule has 1 heterocycles. The summed E-state index contributed by atoms with van der Waals surface area (Å²) in [6, 6.07) is 6.83. The Morgan fingerprint density at radius 2 is 2.00 bits per heavy atom. The molecule has 0 bridgehead atoms. The van der Waals surface area contributed by atoms with Gasteiger partial charge in [0.25, 0.3) is 0 Å². The van der Waals surface area contributed by atoms with Crippen LogP contribution in [-0.4, -0.2) is 18.1 Å². The zero-order valence-electron chi connectivity index (χ0n) is 12.5. The molecule has 5 heteroatoms. The Bertz CT molecular complexity index is 614. The molecular formula is C16H20F2N2O. The fourth-order valence-electron chi connectivity index (χ4n) is 2.30. The summed E-state index contributed by atoms with van der Waals surface area (Å²) in [6.45, 7) is 4.20. The Kier molecular flexibility index (Phi) is 4.94. The predicted molar refractivity (Wildman–Crippen MR) is 81.1 cm³/mol. The van der Waals surface area contributed by atoms with Crippen LogP contribution in [-0.2, 0) is 6.42 Å². The lowest BCUT2D eigenvalue weighted by atomic mass is 10.1. The Morgan fingerprint density at radius 1 is 1.24 bits per heavy atom. The summed E-state index contributed by atoms with van der Waals surface area (Å²) in [6.07, 6.45) is 0.879. The number of alkyl halides is 2. The van der Waals surface area contributed by atoms with Gasteiger partial charge in [-0.2, -0.15) is 8.78 Å². The van der Waals surface area contributed by atoms with E-state index in [1.807, 2.05) is 13.0 Å². The van der Waals surface area contributed by atoms with Gasteiger partial charge in [-0.1, -0.05) is 13.8 Å². The van der Waals surface area contributed by atoms with Crippen molar-refractivity contribution < 1.29 is 13.5 Å². The summed E-state index contributed by atoms with van der Waals surface area (Å²) in [5.41, 5.74) is 2.68. The monoisotopic (exact) mass is 294 g/mol. The molecule has 0 amide bonds. The molecule has 2 rings (SSSR count). The van der Waals surface area contributed by atoms with E-state index in [-0.39, 0.29) is 5.75 Å². The molecule has 114 valence electrons. The van der Waals surface area contributed by atoms with Crippen molar-refractivity contribution >= 4 is 16.6 Å². The maximum atomic E-state index is 12.3. The van der Waals surface area contributed by atoms with Gasteiger partial charge in [0.1, 0.15) is 5.75 Å². The molecule has 1 aromatic carbocycles. The molecule has 0 radical (unpaired) electrons. The average Bonchev–Trinajstić information content (AvgIpc) is 2.38. The van der Waals surface area contributed by atoms with Crippen LogP contribution in [0, 0.1) is 5.92 Å². The van der Waals surface area contributed by atoms with Crippen molar-refractivity contribution in [3.63, 3.8) is 0 Å². The van der Waals surface area contributed by atoms with E-state index in [4.69, 9.17) is 0 Å². The summed E-state index contributed by atoms with van der Waals surface area (Å²) in [4.78, 5) is 4.60. The Balaban J connectivity index is 2.47. The van der Waals surface area contributed by atoms with Crippen molar-refractivity contribution in [2.45, 2.75) is 33.8 Å². The predicted octanol–water partition coefficient (Wildman–Crippen LogP) is 4.47. The molecule has 0 atom stereocenters. The van der Waals surface area contributed by atoms with Gasteiger partial charge in [-0.05, 0) is 43.5 Å². The number of nitrogens with zero attached hydrogens (tertiary/aromatic N) is 1. The van der Waals surface area contributed by atoms with Gasteiger partial charge in [0.2, 0.25) is 0 Å². The molecule has 2 aromatic rings. The van der Waals surface area contributed by atoms with Crippen LogP contribution in [0.25, 0.3) is 10.9 Å². The maximum Gasteiger partial charge on any atom is 0.387 e. The number of benzene rings is 1. The summed E-state index contributed by atoms with van der Waals surface area (Å²) in [5, 5.41) is 4.06. The van der Waals surface area contributed by atoms with Crippen LogP contribution in [0.4, 0.5) is 14.5 Å². The van der Waals surface area contributed by atoms with E-state index in [9.17, 15) is 8.78 Å². The van der Waals surface area contributed by atoms with E-state index >= 15 is 0 Å². The standard InChI is InChI=1S/C16H20F2N2O/c1-4-19-15-8-11(7-10(2)3)20-14-6-5-12(9-13(14)15)21-16(17)18/h5-6,8-10,16H,4,7H2,1-3H3,(H,19,20). The number of rotatable bonds is 6. The minimum absolute atomic E-state index is 0.148. The highest BCUT2D eigenvalue weighted by Gasteiger charge is 2.10. The number of aromatic nitrogens is 1. The van der Waals surface area contributed by atoms with Gasteiger partial charge in [-0.3, -0.25) is 4.98 Å². The van der Waals surface area contributed by atoms with Crippen molar-refractivity contribution in [1.29, 1.82) is 0 Å². The maximum absolute atomic E-state index is 12.3. The largest absolute Gasteiger partial charge is 0.435 e. The molecule has 3 nitrogen and oxygen atoms in total. The van der Waals surface area contributed by atoms with Crippen molar-refractivity contribution in [3.8, 4) is 5.75 Å². The number of anilines is 1. The third kappa shape index (κ3) is 4.03. The lowest BCUT2D eigenvalue weighted by molar-refractivity contribution is -0.0497. The number of hydrogen-bond donors (Lipinski definition) is 1. The smallest absolute Gasteiger partial charge is 0.387 e. The molecular weight excluding hydrogens is 274 g/mol. The zero-order chi connectivity index (χ0) is 15.4. The third-order valence-corrected chi connectivity index (χ3v) is 3.04. The van der Waals surface area contributed by atoms with E-state index in [2.05, 4.69) is 28.9 Å². The quantitative estimate of drug-likeness (QED) is 0.853. The average molecular weight is 294 g/mol. The highest BCUT2D eigenvalue weighted by atomic mass is 19.3. The number of pyridine rings is 1. The lowest BCUT2D eigenvalue weighted by Gasteiger charge is -2.13. The van der Waals surface area contributed by atoms with E-state index < -0.39 is 6.61 Å². The summed E-state index contributed by atoms with van der Waals surface area (Å²) >= 11 is 0. The number of fused-ring (bicyclic) bond motifs is 1. The van der Waals surface area contributed by atoms with Gasteiger partial charge in [0.15, 0.2) is 0 Å². The Labute approximate surface area is 123 Å². The lowest BCUT2D eigenvalue weighted by Crippen LogP contribution is -2.04. The van der Waals surface area contributed by atoms with Crippen LogP contribution in [0.1, 0.15) is 26.5 Å². The Hall–Kier alpha value is -1.91. The Morgan fingerprint density at radius 3 is 2.62 bits per heavy atom. The third-order valence-electron chi connectivity index (χ3n) is 3.04. The second-order valence-electron chi connectivity index (χ2n) is 5.35. The number of nitrogens with one attached hydrogen (secondary N) is 1. The molecule has 0 spiro atoms. The molecule has 0 fully saturated rings. The SMILES string of the molecule is CCNc1cc(CC(C)C)nc2ccc(OC(F)F)cc12. The van der Waals surface area contributed by atoms with Gasteiger partial charge in [-0.15, -0.1) is 0 Å². The van der Waals surface area contributed by atoms with E-state index in [0.29, 0.717) is 5.92 Å². The van der Waals surface area contributed by atoms with Gasteiger partial charge < -0.3 is 10.1 Å². The minimum atomic E-state index is -2.82. The van der Waals surface area contributed by atoms with Gasteiger partial charge in [0, 0.05) is 23.3 Å². The topological polar surface area (TPSA) is 34.2 Å². The van der Waals surface area contributed by atoms with Crippen molar-refractivity contribution in [2.24, 2.45) is 5.92 Å². The first kappa shape index (κ1) is 15.5. The van der Waals surface area contributed by atoms with Crippen molar-refractivity contribution in [3.05, 3.63) is 30.0 Å². The van der Waals surface area contributed by atoms with Gasteiger partial charge >= 0.3 is 6.61 Å². The van der Waals surface area contributed by atoms with E-state index in [1.165, 1.54) is 6.07 Å². The van der Waals surface area contributed by atoms with Crippen LogP contribution in [0.5, 0.6) is 5.75 Å². The molecule has 21 heavy (non-hydrogen) atoms. The summed E-state index contributed by atoms with van der Waals surface area (Å²) < 4.78 is 29.1. The molecule has 0 aliphatic carbocycles. The normalized spacial score (nSPS) is 11.4. The van der Waals surface area contributed by atoms with Crippen LogP contribution in [0.2, 0.25) is 0 Å². The van der Waals surface area contributed by atoms with Crippen LogP contribution in [0.15, 0.2) is 24.3 Å². The number of hydrogen-bond acceptors (Lipinski definition) is 3. The van der Waals surface area contributed by atoms with Crippen molar-refractivity contribution in [2.75, 3.05) is 11.9 Å². The second-order valence-corrected chi connectivity index (χ2v) is 5.35. The molecule has 0 aliphatic heterocycles. The molecule has 1 aromatic heterocycles. The first-order valence-electron chi connectivity index (χ1n) is 7.12. The number of ether oxygens (including phenoxy) is 1. The molecule has 0 saturated carbocycles. The summed E-state index contributed by atoms with van der Waals surface area (Å²) in [5.74, 6) is 0.654. The molecule has 1 N–H and O–H groups in total. The van der Waals surface area contributed by atoms with E-state index in [1.54, 1.807) is 12.1 Å². The van der Waals surface area contributed by atoms with Crippen molar-refractivity contribution in [1.82, 2.24) is 4.98 Å².